The van der Waals surface area contributed by atoms with Crippen LogP contribution in [0.2, 0.25) is 0 Å². The predicted octanol–water partition coefficient (Wildman–Crippen LogP) is 1.000. The van der Waals surface area contributed by atoms with Gasteiger partial charge < -0.3 is 14.7 Å². The summed E-state index contributed by atoms with van der Waals surface area (Å²) < 4.78 is 4.96. The summed E-state index contributed by atoms with van der Waals surface area (Å²) in [6.07, 6.45) is 1.58. The number of rotatable bonds is 4. The number of nitrogens with zero attached hydrogens (tertiary/aromatic N) is 2. The topological polar surface area (TPSA) is 62.7 Å². The second kappa shape index (κ2) is 4.63. The van der Waals surface area contributed by atoms with E-state index < -0.39 is 12.0 Å². The fourth-order valence-electron chi connectivity index (χ4n) is 1.12. The molecule has 1 heterocycles. The highest BCUT2D eigenvalue weighted by molar-refractivity contribution is 5.77. The van der Waals surface area contributed by atoms with E-state index in [1.807, 2.05) is 0 Å². The smallest absolute Gasteiger partial charge is 0.326 e. The van der Waals surface area contributed by atoms with Gasteiger partial charge in [-0.1, -0.05) is 0 Å². The second-order valence-electron chi connectivity index (χ2n) is 3.18. The minimum Gasteiger partial charge on any atom is -0.481 e. The summed E-state index contributed by atoms with van der Waals surface area (Å²) in [5.74, 6) is -0.398. The Kier molecular flexibility index (Phi) is 3.49. The summed E-state index contributed by atoms with van der Waals surface area (Å²) >= 11 is 0. The van der Waals surface area contributed by atoms with E-state index in [2.05, 4.69) is 4.98 Å². The Labute approximate surface area is 88.3 Å². The van der Waals surface area contributed by atoms with Gasteiger partial charge in [-0.15, -0.1) is 0 Å². The molecule has 1 aromatic rings. The van der Waals surface area contributed by atoms with Gasteiger partial charge >= 0.3 is 5.97 Å². The van der Waals surface area contributed by atoms with Gasteiger partial charge in [0.25, 0.3) is 0 Å². The maximum Gasteiger partial charge on any atom is 0.326 e. The fourth-order valence-corrected chi connectivity index (χ4v) is 1.12. The first kappa shape index (κ1) is 11.3. The van der Waals surface area contributed by atoms with Gasteiger partial charge in [0.1, 0.15) is 6.04 Å². The number of anilines is 1. The molecule has 0 spiro atoms. The third-order valence-electron chi connectivity index (χ3n) is 2.27. The van der Waals surface area contributed by atoms with E-state index >= 15 is 0 Å². The molecule has 1 rings (SSSR count). The van der Waals surface area contributed by atoms with E-state index in [0.29, 0.717) is 5.88 Å². The van der Waals surface area contributed by atoms with Gasteiger partial charge in [0.15, 0.2) is 0 Å². The number of methoxy groups -OCH3 is 1. The number of hydrogen-bond acceptors (Lipinski definition) is 4. The third-order valence-corrected chi connectivity index (χ3v) is 2.27. The van der Waals surface area contributed by atoms with Gasteiger partial charge in [-0.05, 0) is 13.0 Å². The molecular formula is C10H14N2O3. The van der Waals surface area contributed by atoms with Crippen molar-refractivity contribution in [2.24, 2.45) is 0 Å². The molecule has 0 amide bonds. The lowest BCUT2D eigenvalue weighted by atomic mass is 10.2. The van der Waals surface area contributed by atoms with E-state index in [-0.39, 0.29) is 0 Å². The highest BCUT2D eigenvalue weighted by Gasteiger charge is 2.17. The number of aliphatic carboxylic acids is 1. The molecule has 1 unspecified atom stereocenters. The molecule has 5 nitrogen and oxygen atoms in total. The van der Waals surface area contributed by atoms with Crippen molar-refractivity contribution in [2.45, 2.75) is 13.0 Å². The molecule has 0 aliphatic rings. The molecule has 0 fully saturated rings. The molecule has 0 aromatic carbocycles. The van der Waals surface area contributed by atoms with E-state index in [0.717, 1.165) is 5.69 Å². The Bertz CT molecular complexity index is 354. The Hall–Kier alpha value is -1.78. The molecule has 1 aromatic heterocycles. The van der Waals surface area contributed by atoms with Crippen LogP contribution in [0.5, 0.6) is 5.88 Å². The van der Waals surface area contributed by atoms with Crippen LogP contribution < -0.4 is 9.64 Å². The lowest BCUT2D eigenvalue weighted by molar-refractivity contribution is -0.138. The van der Waals surface area contributed by atoms with Crippen LogP contribution >= 0.6 is 0 Å². The van der Waals surface area contributed by atoms with Crippen molar-refractivity contribution in [3.8, 4) is 5.88 Å². The van der Waals surface area contributed by atoms with Crippen LogP contribution in [-0.2, 0) is 4.79 Å². The first-order chi connectivity index (χ1) is 7.06. The normalized spacial score (nSPS) is 11.9. The zero-order valence-electron chi connectivity index (χ0n) is 8.97. The summed E-state index contributed by atoms with van der Waals surface area (Å²) in [5.41, 5.74) is 0.761. The van der Waals surface area contributed by atoms with Crippen molar-refractivity contribution >= 4 is 11.7 Å². The molecule has 15 heavy (non-hydrogen) atoms. The molecule has 0 aliphatic heterocycles. The maximum absolute atomic E-state index is 10.8. The number of carboxylic acids is 1. The van der Waals surface area contributed by atoms with Gasteiger partial charge in [0, 0.05) is 25.0 Å². The minimum atomic E-state index is -0.867. The van der Waals surface area contributed by atoms with Crippen molar-refractivity contribution < 1.29 is 14.6 Å². The number of aromatic nitrogens is 1. The summed E-state index contributed by atoms with van der Waals surface area (Å²) in [5, 5.41) is 8.85. The highest BCUT2D eigenvalue weighted by Crippen LogP contribution is 2.18. The Morgan fingerprint density at radius 2 is 2.33 bits per heavy atom. The molecule has 82 valence electrons. The van der Waals surface area contributed by atoms with Crippen molar-refractivity contribution in [1.82, 2.24) is 4.98 Å². The average molecular weight is 210 g/mol. The highest BCUT2D eigenvalue weighted by atomic mass is 16.5. The summed E-state index contributed by atoms with van der Waals surface area (Å²) in [6.45, 7) is 1.62. The largest absolute Gasteiger partial charge is 0.481 e. The first-order valence-corrected chi connectivity index (χ1v) is 4.52. The SMILES string of the molecule is COc1cc(N(C)C(C)C(=O)O)ccn1. The van der Waals surface area contributed by atoms with Crippen LogP contribution in [0.1, 0.15) is 6.92 Å². The van der Waals surface area contributed by atoms with Gasteiger partial charge in [-0.25, -0.2) is 9.78 Å². The molecule has 0 saturated heterocycles. The number of likely N-dealkylation sites (N-methyl/N-ethyl adjacent to an activating group) is 1. The van der Waals surface area contributed by atoms with Crippen LogP contribution in [0, 0.1) is 0 Å². The lowest BCUT2D eigenvalue weighted by Crippen LogP contribution is -2.35. The Morgan fingerprint density at radius 1 is 1.67 bits per heavy atom. The lowest BCUT2D eigenvalue weighted by Gasteiger charge is -2.23. The minimum absolute atomic E-state index is 0.469. The predicted molar refractivity (Wildman–Crippen MR) is 56.3 cm³/mol. The molecule has 1 atom stereocenters. The van der Waals surface area contributed by atoms with Gasteiger partial charge in [0.05, 0.1) is 7.11 Å². The van der Waals surface area contributed by atoms with Crippen LogP contribution in [0.15, 0.2) is 18.3 Å². The number of ether oxygens (including phenoxy) is 1. The zero-order valence-corrected chi connectivity index (χ0v) is 8.97. The molecule has 0 saturated carbocycles. The van der Waals surface area contributed by atoms with E-state index in [1.54, 1.807) is 37.2 Å². The summed E-state index contributed by atoms with van der Waals surface area (Å²) in [6, 6.07) is 2.85. The van der Waals surface area contributed by atoms with Crippen molar-refractivity contribution in [2.75, 3.05) is 19.1 Å². The average Bonchev–Trinajstić information content (AvgIpc) is 2.27. The molecule has 1 N–H and O–H groups in total. The monoisotopic (exact) mass is 210 g/mol. The van der Waals surface area contributed by atoms with Crippen LogP contribution in [-0.4, -0.2) is 36.3 Å². The van der Waals surface area contributed by atoms with Crippen molar-refractivity contribution in [3.63, 3.8) is 0 Å². The Balaban J connectivity index is 2.90. The van der Waals surface area contributed by atoms with Crippen LogP contribution in [0.3, 0.4) is 0 Å². The van der Waals surface area contributed by atoms with Crippen molar-refractivity contribution in [3.05, 3.63) is 18.3 Å². The molecule has 0 aliphatic carbocycles. The van der Waals surface area contributed by atoms with Crippen LogP contribution in [0.25, 0.3) is 0 Å². The first-order valence-electron chi connectivity index (χ1n) is 4.52. The number of pyridine rings is 1. The van der Waals surface area contributed by atoms with Gasteiger partial charge in [-0.3, -0.25) is 0 Å². The fraction of sp³-hybridized carbons (Fsp3) is 0.400. The van der Waals surface area contributed by atoms with Gasteiger partial charge in [-0.2, -0.15) is 0 Å². The van der Waals surface area contributed by atoms with Crippen LogP contribution in [0.4, 0.5) is 5.69 Å². The third kappa shape index (κ3) is 2.59. The maximum atomic E-state index is 10.8. The molecular weight excluding hydrogens is 196 g/mol. The molecule has 5 heteroatoms. The number of carboxylic acid groups (broad SMARTS) is 1. The standard InChI is InChI=1S/C10H14N2O3/c1-7(10(13)14)12(2)8-4-5-11-9(6-8)15-3/h4-7H,1-3H3,(H,13,14). The van der Waals surface area contributed by atoms with E-state index in [9.17, 15) is 4.79 Å². The summed E-state index contributed by atoms with van der Waals surface area (Å²) in [7, 11) is 3.24. The number of hydrogen-bond donors (Lipinski definition) is 1. The zero-order chi connectivity index (χ0) is 11.4. The Morgan fingerprint density at radius 3 is 2.87 bits per heavy atom. The van der Waals surface area contributed by atoms with Crippen molar-refractivity contribution in [1.29, 1.82) is 0 Å². The molecule has 0 radical (unpaired) electrons. The van der Waals surface area contributed by atoms with Gasteiger partial charge in [0.2, 0.25) is 5.88 Å². The number of carbonyl (C=O) groups is 1. The van der Waals surface area contributed by atoms with E-state index in [1.165, 1.54) is 7.11 Å². The second-order valence-corrected chi connectivity index (χ2v) is 3.18. The quantitative estimate of drug-likeness (QED) is 0.803. The summed E-state index contributed by atoms with van der Waals surface area (Å²) in [4.78, 5) is 16.4. The molecule has 0 bridgehead atoms. The van der Waals surface area contributed by atoms with E-state index in [4.69, 9.17) is 9.84 Å².